The Morgan fingerprint density at radius 2 is 1.76 bits per heavy atom. The minimum absolute atomic E-state index is 0.0737. The van der Waals surface area contributed by atoms with E-state index in [9.17, 15) is 9.59 Å². The molecule has 0 aliphatic carbocycles. The number of anilines is 1. The number of fused-ring (bicyclic) bond motifs is 3. The van der Waals surface area contributed by atoms with Crippen LogP contribution < -0.4 is 10.1 Å². The van der Waals surface area contributed by atoms with Gasteiger partial charge in [-0.15, -0.1) is 0 Å². The zero-order valence-electron chi connectivity index (χ0n) is 20.8. The zero-order chi connectivity index (χ0) is 26.6. The van der Waals surface area contributed by atoms with Crippen molar-refractivity contribution >= 4 is 51.8 Å². The predicted octanol–water partition coefficient (Wildman–Crippen LogP) is 6.99. The van der Waals surface area contributed by atoms with Crippen molar-refractivity contribution in [3.63, 3.8) is 0 Å². The molecule has 0 saturated carbocycles. The Hall–Kier alpha value is -3.52. The maximum atomic E-state index is 13.4. The van der Waals surface area contributed by atoms with E-state index in [4.69, 9.17) is 32.7 Å². The van der Waals surface area contributed by atoms with E-state index in [2.05, 4.69) is 10.3 Å². The van der Waals surface area contributed by atoms with E-state index < -0.39 is 12.1 Å². The second-order valence-electron chi connectivity index (χ2n) is 9.14. The highest BCUT2D eigenvalue weighted by atomic mass is 35.5. The molecule has 1 aliphatic rings. The number of benzene rings is 3. The number of hydrogen-bond acceptors (Lipinski definition) is 4. The lowest BCUT2D eigenvalue weighted by atomic mass is 9.92. The number of halogens is 2. The smallest absolute Gasteiger partial charge is 0.410 e. The molecule has 5 rings (SSSR count). The lowest BCUT2D eigenvalue weighted by Crippen LogP contribution is -2.42. The van der Waals surface area contributed by atoms with Crippen LogP contribution >= 0.6 is 23.2 Å². The van der Waals surface area contributed by atoms with Gasteiger partial charge in [-0.05, 0) is 78.6 Å². The summed E-state index contributed by atoms with van der Waals surface area (Å²) in [4.78, 5) is 30.9. The van der Waals surface area contributed by atoms with E-state index in [-0.39, 0.29) is 5.91 Å². The van der Waals surface area contributed by atoms with Crippen molar-refractivity contribution in [2.75, 3.05) is 25.6 Å². The second-order valence-corrected chi connectivity index (χ2v) is 10.0. The van der Waals surface area contributed by atoms with Crippen LogP contribution in [-0.2, 0) is 16.0 Å². The lowest BCUT2D eigenvalue weighted by molar-refractivity contribution is -0.116. The molecule has 1 unspecified atom stereocenters. The van der Waals surface area contributed by atoms with Crippen LogP contribution in [0.5, 0.6) is 5.75 Å². The molecule has 7 nitrogen and oxygen atoms in total. The van der Waals surface area contributed by atoms with Crippen molar-refractivity contribution in [1.29, 1.82) is 0 Å². The Morgan fingerprint density at radius 1 is 1.03 bits per heavy atom. The van der Waals surface area contributed by atoms with Crippen molar-refractivity contribution in [2.45, 2.75) is 25.3 Å². The molecule has 4 aromatic rings. The quantitative estimate of drug-likeness (QED) is 0.242. The van der Waals surface area contributed by atoms with Gasteiger partial charge in [-0.2, -0.15) is 0 Å². The highest BCUT2D eigenvalue weighted by Crippen LogP contribution is 2.39. The third kappa shape index (κ3) is 5.65. The predicted molar refractivity (Wildman–Crippen MR) is 149 cm³/mol. The van der Waals surface area contributed by atoms with E-state index >= 15 is 0 Å². The van der Waals surface area contributed by atoms with E-state index in [0.717, 1.165) is 27.7 Å². The van der Waals surface area contributed by atoms with Crippen molar-refractivity contribution in [3.05, 3.63) is 93.6 Å². The molecule has 0 bridgehead atoms. The number of hydrogen-bond donors (Lipinski definition) is 2. The van der Waals surface area contributed by atoms with E-state index in [1.807, 2.05) is 42.5 Å². The first-order valence-corrected chi connectivity index (χ1v) is 13.1. The summed E-state index contributed by atoms with van der Waals surface area (Å²) in [5.41, 5.74) is 4.56. The van der Waals surface area contributed by atoms with Gasteiger partial charge in [0.05, 0.1) is 0 Å². The first-order chi connectivity index (χ1) is 18.4. The largest absolute Gasteiger partial charge is 0.416 e. The first-order valence-electron chi connectivity index (χ1n) is 12.4. The molecule has 1 aromatic heterocycles. The van der Waals surface area contributed by atoms with E-state index in [1.165, 1.54) is 0 Å². The van der Waals surface area contributed by atoms with Gasteiger partial charge in [0, 0.05) is 59.0 Å². The summed E-state index contributed by atoms with van der Waals surface area (Å²) in [6, 6.07) is 19.6. The Labute approximate surface area is 230 Å². The number of ether oxygens (including phenoxy) is 2. The van der Waals surface area contributed by atoms with Crippen molar-refractivity contribution < 1.29 is 19.1 Å². The summed E-state index contributed by atoms with van der Waals surface area (Å²) < 4.78 is 10.7. The Balaban J connectivity index is 1.46. The molecule has 1 atom stereocenters. The van der Waals surface area contributed by atoms with Crippen molar-refractivity contribution in [2.24, 2.45) is 0 Å². The maximum absolute atomic E-state index is 13.4. The van der Waals surface area contributed by atoms with Crippen LogP contribution in [0.15, 0.2) is 66.7 Å². The fourth-order valence-corrected chi connectivity index (χ4v) is 5.11. The van der Waals surface area contributed by atoms with Crippen LogP contribution in [0.3, 0.4) is 0 Å². The summed E-state index contributed by atoms with van der Waals surface area (Å²) in [6.07, 6.45) is 1.22. The zero-order valence-corrected chi connectivity index (χ0v) is 22.3. The highest BCUT2D eigenvalue weighted by Gasteiger charge is 2.35. The van der Waals surface area contributed by atoms with Gasteiger partial charge < -0.3 is 19.8 Å². The molecule has 3 aromatic carbocycles. The first kappa shape index (κ1) is 26.1. The molecule has 0 saturated heterocycles. The number of H-pyrrole nitrogens is 1. The van der Waals surface area contributed by atoms with Gasteiger partial charge in [0.25, 0.3) is 0 Å². The number of aromatic amines is 1. The van der Waals surface area contributed by atoms with Gasteiger partial charge in [-0.25, -0.2) is 4.79 Å². The number of nitrogens with zero attached hydrogens (tertiary/aromatic N) is 1. The molecular weight excluding hydrogens is 525 g/mol. The molecule has 2 heterocycles. The van der Waals surface area contributed by atoms with Gasteiger partial charge in [0.1, 0.15) is 11.8 Å². The SMILES string of the molecule is COCCCC(=O)Nc1ccc(C2c3[nH]c4ccc(Cl)cc4c3CCN2C(=O)Oc2ccc(Cl)cc2)cc1. The third-order valence-electron chi connectivity index (χ3n) is 6.60. The molecule has 0 radical (unpaired) electrons. The van der Waals surface area contributed by atoms with Crippen LogP contribution in [-0.4, -0.2) is 42.1 Å². The Kier molecular flexibility index (Phi) is 7.88. The van der Waals surface area contributed by atoms with Gasteiger partial charge >= 0.3 is 6.09 Å². The Morgan fingerprint density at radius 3 is 2.50 bits per heavy atom. The van der Waals surface area contributed by atoms with Crippen molar-refractivity contribution in [1.82, 2.24) is 9.88 Å². The summed E-state index contributed by atoms with van der Waals surface area (Å²) >= 11 is 12.3. The van der Waals surface area contributed by atoms with Gasteiger partial charge in [0.2, 0.25) is 5.91 Å². The van der Waals surface area contributed by atoms with Gasteiger partial charge in [0.15, 0.2) is 0 Å². The molecular formula is C29H27Cl2N3O4. The molecule has 196 valence electrons. The number of amides is 2. The van der Waals surface area contributed by atoms with Crippen LogP contribution in [0.25, 0.3) is 10.9 Å². The number of nitrogens with one attached hydrogen (secondary N) is 2. The monoisotopic (exact) mass is 551 g/mol. The van der Waals surface area contributed by atoms with Gasteiger partial charge in [-0.3, -0.25) is 9.69 Å². The van der Waals surface area contributed by atoms with E-state index in [0.29, 0.717) is 53.9 Å². The molecule has 2 N–H and O–H groups in total. The average Bonchev–Trinajstić information content (AvgIpc) is 3.28. The molecule has 0 fully saturated rings. The molecule has 2 amide bonds. The molecule has 9 heteroatoms. The van der Waals surface area contributed by atoms with E-state index in [1.54, 1.807) is 36.3 Å². The van der Waals surface area contributed by atoms with Crippen molar-refractivity contribution in [3.8, 4) is 5.75 Å². The number of carbonyl (C=O) groups is 2. The van der Waals surface area contributed by atoms with Crippen LogP contribution in [0.2, 0.25) is 10.0 Å². The molecule has 0 spiro atoms. The van der Waals surface area contributed by atoms with Crippen LogP contribution in [0.1, 0.15) is 35.7 Å². The second kappa shape index (κ2) is 11.5. The topological polar surface area (TPSA) is 83.7 Å². The summed E-state index contributed by atoms with van der Waals surface area (Å²) in [7, 11) is 1.61. The Bertz CT molecular complexity index is 1450. The normalized spacial score (nSPS) is 14.8. The van der Waals surface area contributed by atoms with Crippen LogP contribution in [0.4, 0.5) is 10.5 Å². The molecule has 38 heavy (non-hydrogen) atoms. The number of rotatable bonds is 7. The summed E-state index contributed by atoms with van der Waals surface area (Å²) in [6.45, 7) is 0.996. The fourth-order valence-electron chi connectivity index (χ4n) is 4.82. The number of aromatic nitrogens is 1. The third-order valence-corrected chi connectivity index (χ3v) is 7.09. The number of methoxy groups -OCH3 is 1. The average molecular weight is 552 g/mol. The van der Waals surface area contributed by atoms with Gasteiger partial charge in [-0.1, -0.05) is 35.3 Å². The maximum Gasteiger partial charge on any atom is 0.416 e. The minimum Gasteiger partial charge on any atom is -0.410 e. The highest BCUT2D eigenvalue weighted by molar-refractivity contribution is 6.31. The standard InChI is InChI=1S/C29H27Cl2N3O4/c1-37-16-2-3-26(35)32-21-9-4-18(5-10-21)28-27-23(24-17-20(31)8-13-25(24)33-27)14-15-34(28)29(36)38-22-11-6-19(30)7-12-22/h4-13,17,28,33H,2-3,14-16H2,1H3,(H,32,35). The molecule has 1 aliphatic heterocycles. The number of carbonyl (C=O) groups excluding carboxylic acids is 2. The fraction of sp³-hybridized carbons (Fsp3) is 0.241. The minimum atomic E-state index is -0.463. The summed E-state index contributed by atoms with van der Waals surface area (Å²) in [5.74, 6) is 0.342. The van der Waals surface area contributed by atoms with Crippen LogP contribution in [0, 0.1) is 0 Å². The lowest BCUT2D eigenvalue weighted by Gasteiger charge is -2.35. The summed E-state index contributed by atoms with van der Waals surface area (Å²) in [5, 5.41) is 5.18.